The van der Waals surface area contributed by atoms with Gasteiger partial charge in [-0.1, -0.05) is 0 Å². The molecule has 1 aliphatic rings. The third-order valence-electron chi connectivity index (χ3n) is 3.39. The summed E-state index contributed by atoms with van der Waals surface area (Å²) < 4.78 is 2.18. The molecule has 0 saturated heterocycles. The van der Waals surface area contributed by atoms with Crippen molar-refractivity contribution in [3.63, 3.8) is 0 Å². The van der Waals surface area contributed by atoms with Gasteiger partial charge in [-0.2, -0.15) is 0 Å². The van der Waals surface area contributed by atoms with Crippen LogP contribution in [0.4, 0.5) is 0 Å². The molecule has 4 heteroatoms. The van der Waals surface area contributed by atoms with Crippen LogP contribution in [0.2, 0.25) is 0 Å². The number of rotatable bonds is 5. The third kappa shape index (κ3) is 2.82. The molecule has 0 unspecified atom stereocenters. The van der Waals surface area contributed by atoms with Gasteiger partial charge in [0.2, 0.25) is 0 Å². The summed E-state index contributed by atoms with van der Waals surface area (Å²) >= 11 is 1.88. The second-order valence-electron chi connectivity index (χ2n) is 5.14. The van der Waals surface area contributed by atoms with Gasteiger partial charge in [-0.3, -0.25) is 0 Å². The van der Waals surface area contributed by atoms with E-state index in [4.69, 9.17) is 0 Å². The highest BCUT2D eigenvalue weighted by Gasteiger charge is 2.20. The van der Waals surface area contributed by atoms with Crippen molar-refractivity contribution < 1.29 is 0 Å². The van der Waals surface area contributed by atoms with E-state index in [0.29, 0.717) is 0 Å². The lowest BCUT2D eigenvalue weighted by molar-refractivity contribution is 0.676. The zero-order valence-corrected chi connectivity index (χ0v) is 11.8. The van der Waals surface area contributed by atoms with Gasteiger partial charge in [-0.25, -0.2) is 4.98 Å². The Morgan fingerprint density at radius 2 is 2.28 bits per heavy atom. The van der Waals surface area contributed by atoms with Crippen LogP contribution in [0.5, 0.6) is 0 Å². The van der Waals surface area contributed by atoms with Crippen LogP contribution in [-0.2, 0) is 13.1 Å². The van der Waals surface area contributed by atoms with Gasteiger partial charge in [0, 0.05) is 28.5 Å². The summed E-state index contributed by atoms with van der Waals surface area (Å²) in [6.07, 6.45) is 6.75. The Bertz CT molecular complexity index is 517. The summed E-state index contributed by atoms with van der Waals surface area (Å²) in [5.74, 6) is 0. The lowest BCUT2D eigenvalue weighted by atomic mass is 10.3. The monoisotopic (exact) mass is 261 g/mol. The van der Waals surface area contributed by atoms with Gasteiger partial charge in [0.25, 0.3) is 0 Å². The topological polar surface area (TPSA) is 29.9 Å². The maximum Gasteiger partial charge on any atom is 0.0953 e. The van der Waals surface area contributed by atoms with Gasteiger partial charge in [0.15, 0.2) is 0 Å². The van der Waals surface area contributed by atoms with Crippen molar-refractivity contribution in [3.05, 3.63) is 39.6 Å². The number of nitrogens with zero attached hydrogens (tertiary/aromatic N) is 2. The van der Waals surface area contributed by atoms with E-state index >= 15 is 0 Å². The average molecular weight is 261 g/mol. The number of aromatic nitrogens is 2. The molecule has 0 radical (unpaired) electrons. The normalized spacial score (nSPS) is 15.2. The Kier molecular flexibility index (Phi) is 3.22. The highest BCUT2D eigenvalue weighted by Crippen LogP contribution is 2.22. The molecule has 3 rings (SSSR count). The van der Waals surface area contributed by atoms with Crippen LogP contribution in [0.1, 0.15) is 33.9 Å². The molecular weight excluding hydrogens is 242 g/mol. The van der Waals surface area contributed by atoms with Crippen molar-refractivity contribution in [1.82, 2.24) is 14.9 Å². The van der Waals surface area contributed by atoms with Gasteiger partial charge in [-0.05, 0) is 38.3 Å². The van der Waals surface area contributed by atoms with Crippen LogP contribution in [0.25, 0.3) is 0 Å². The van der Waals surface area contributed by atoms with Crippen LogP contribution >= 0.6 is 11.3 Å². The smallest absolute Gasteiger partial charge is 0.0953 e. The second-order valence-corrected chi connectivity index (χ2v) is 6.49. The molecule has 3 nitrogen and oxygen atoms in total. The molecule has 0 amide bonds. The number of thiophene rings is 1. The molecule has 1 fully saturated rings. The zero-order chi connectivity index (χ0) is 12.5. The molecule has 1 saturated carbocycles. The predicted octanol–water partition coefficient (Wildman–Crippen LogP) is 2.86. The summed E-state index contributed by atoms with van der Waals surface area (Å²) in [5.41, 5.74) is 2.54. The Morgan fingerprint density at radius 1 is 1.44 bits per heavy atom. The maximum absolute atomic E-state index is 4.45. The zero-order valence-electron chi connectivity index (χ0n) is 10.9. The quantitative estimate of drug-likeness (QED) is 0.897. The van der Waals surface area contributed by atoms with Crippen LogP contribution in [-0.4, -0.2) is 15.6 Å². The molecule has 1 aliphatic carbocycles. The molecule has 0 aliphatic heterocycles. The Morgan fingerprint density at radius 3 is 2.94 bits per heavy atom. The molecule has 0 spiro atoms. The van der Waals surface area contributed by atoms with Gasteiger partial charge < -0.3 is 9.88 Å². The van der Waals surface area contributed by atoms with E-state index in [2.05, 4.69) is 41.0 Å². The summed E-state index contributed by atoms with van der Waals surface area (Å²) in [5, 5.41) is 3.49. The van der Waals surface area contributed by atoms with Crippen LogP contribution in [0.3, 0.4) is 0 Å². The van der Waals surface area contributed by atoms with Gasteiger partial charge >= 0.3 is 0 Å². The number of imidazole rings is 1. The lowest BCUT2D eigenvalue weighted by Crippen LogP contribution is -2.15. The van der Waals surface area contributed by atoms with E-state index in [1.807, 2.05) is 17.7 Å². The third-order valence-corrected chi connectivity index (χ3v) is 4.53. The Balaban J connectivity index is 1.61. The predicted molar refractivity (Wildman–Crippen MR) is 75.0 cm³/mol. The summed E-state index contributed by atoms with van der Waals surface area (Å²) in [7, 11) is 0. The van der Waals surface area contributed by atoms with E-state index < -0.39 is 0 Å². The highest BCUT2D eigenvalue weighted by atomic mass is 32.1. The second kappa shape index (κ2) is 4.86. The molecule has 96 valence electrons. The molecule has 2 heterocycles. The first kappa shape index (κ1) is 11.9. The highest BCUT2D eigenvalue weighted by molar-refractivity contribution is 7.12. The standard InChI is InChI=1S/C14H19N3S/c1-10-5-14(18-11(10)2)8-17-7-13(16-9-17)6-15-12-3-4-12/h5,7,9,12,15H,3-4,6,8H2,1-2H3. The first-order valence-corrected chi connectivity index (χ1v) is 7.32. The number of aryl methyl sites for hydroxylation is 2. The van der Waals surface area contributed by atoms with E-state index in [0.717, 1.165) is 24.8 Å². The van der Waals surface area contributed by atoms with Crippen molar-refractivity contribution in [2.75, 3.05) is 0 Å². The lowest BCUT2D eigenvalue weighted by Gasteiger charge is -1.99. The van der Waals surface area contributed by atoms with Gasteiger partial charge in [0.05, 0.1) is 18.6 Å². The van der Waals surface area contributed by atoms with Crippen molar-refractivity contribution in [2.45, 2.75) is 45.8 Å². The minimum atomic E-state index is 0.748. The first-order chi connectivity index (χ1) is 8.70. The minimum absolute atomic E-state index is 0.748. The van der Waals surface area contributed by atoms with Crippen molar-refractivity contribution in [1.29, 1.82) is 0 Å². The minimum Gasteiger partial charge on any atom is -0.332 e. The van der Waals surface area contributed by atoms with E-state index in [9.17, 15) is 0 Å². The summed E-state index contributed by atoms with van der Waals surface area (Å²) in [4.78, 5) is 7.27. The van der Waals surface area contributed by atoms with Crippen LogP contribution < -0.4 is 5.32 Å². The van der Waals surface area contributed by atoms with Crippen molar-refractivity contribution in [2.24, 2.45) is 0 Å². The fraction of sp³-hybridized carbons (Fsp3) is 0.500. The van der Waals surface area contributed by atoms with Gasteiger partial charge in [-0.15, -0.1) is 11.3 Å². The fourth-order valence-electron chi connectivity index (χ4n) is 2.03. The molecular formula is C14H19N3S. The fourth-order valence-corrected chi connectivity index (χ4v) is 3.09. The first-order valence-electron chi connectivity index (χ1n) is 6.50. The molecule has 0 aromatic carbocycles. The molecule has 1 N–H and O–H groups in total. The summed E-state index contributed by atoms with van der Waals surface area (Å²) in [6.45, 7) is 6.20. The Labute approximate surface area is 112 Å². The SMILES string of the molecule is Cc1cc(Cn2cnc(CNC3CC3)c2)sc1C. The van der Waals surface area contributed by atoms with Crippen LogP contribution in [0, 0.1) is 13.8 Å². The van der Waals surface area contributed by atoms with E-state index in [1.54, 1.807) is 0 Å². The van der Waals surface area contributed by atoms with Crippen LogP contribution in [0.15, 0.2) is 18.6 Å². The molecule has 2 aromatic rings. The van der Waals surface area contributed by atoms with Crippen molar-refractivity contribution in [3.8, 4) is 0 Å². The molecule has 0 bridgehead atoms. The average Bonchev–Trinajstić information content (AvgIpc) is 2.98. The number of hydrogen-bond donors (Lipinski definition) is 1. The van der Waals surface area contributed by atoms with E-state index in [1.165, 1.54) is 28.2 Å². The molecule has 18 heavy (non-hydrogen) atoms. The molecule has 0 atom stereocenters. The largest absolute Gasteiger partial charge is 0.332 e. The molecule has 2 aromatic heterocycles. The maximum atomic E-state index is 4.45. The van der Waals surface area contributed by atoms with Crippen molar-refractivity contribution >= 4 is 11.3 Å². The number of hydrogen-bond acceptors (Lipinski definition) is 3. The number of nitrogens with one attached hydrogen (secondary N) is 1. The summed E-state index contributed by atoms with van der Waals surface area (Å²) in [6, 6.07) is 3.03. The van der Waals surface area contributed by atoms with E-state index in [-0.39, 0.29) is 0 Å². The van der Waals surface area contributed by atoms with Gasteiger partial charge in [0.1, 0.15) is 0 Å². The Hall–Kier alpha value is -1.13.